The normalized spacial score (nSPS) is 12.2. The van der Waals surface area contributed by atoms with E-state index in [-0.39, 0.29) is 5.56 Å². The van der Waals surface area contributed by atoms with Crippen molar-refractivity contribution in [1.29, 1.82) is 10.5 Å². The highest BCUT2D eigenvalue weighted by Crippen LogP contribution is 2.45. The van der Waals surface area contributed by atoms with Gasteiger partial charge in [0.25, 0.3) is 0 Å². The first-order valence-corrected chi connectivity index (χ1v) is 19.4. The first-order chi connectivity index (χ1) is 29.3. The van der Waals surface area contributed by atoms with Crippen molar-refractivity contribution in [3.05, 3.63) is 168 Å². The summed E-state index contributed by atoms with van der Waals surface area (Å²) in [5, 5.41) is 30.0. The number of alkyl halides is 3. The molecule has 0 aliphatic heterocycles. The molecule has 2 N–H and O–H groups in total. The van der Waals surface area contributed by atoms with Crippen LogP contribution in [-0.4, -0.2) is 19.1 Å². The summed E-state index contributed by atoms with van der Waals surface area (Å²) < 4.78 is 46.2. The highest BCUT2D eigenvalue weighted by atomic mass is 19.4. The molecule has 6 nitrogen and oxygen atoms in total. The Morgan fingerprint density at radius 3 is 1.43 bits per heavy atom. The van der Waals surface area contributed by atoms with E-state index in [1.807, 2.05) is 78.9 Å². The molecule has 0 fully saturated rings. The van der Waals surface area contributed by atoms with Gasteiger partial charge in [0.1, 0.15) is 11.6 Å². The van der Waals surface area contributed by atoms with Crippen molar-refractivity contribution in [3.63, 3.8) is 0 Å². The van der Waals surface area contributed by atoms with Crippen LogP contribution >= 0.6 is 0 Å². The van der Waals surface area contributed by atoms with Gasteiger partial charge >= 0.3 is 6.18 Å². The minimum Gasteiger partial charge on any atom is -0.354 e. The molecule has 0 amide bonds. The fourth-order valence-electron chi connectivity index (χ4n) is 9.57. The van der Waals surface area contributed by atoms with Gasteiger partial charge in [-0.25, -0.2) is 0 Å². The number of aromatic amines is 2. The number of nitriles is 2. The Labute approximate surface area is 338 Å². The van der Waals surface area contributed by atoms with Gasteiger partial charge in [-0.15, -0.1) is 0 Å². The Bertz CT molecular complexity index is 3710. The van der Waals surface area contributed by atoms with Crippen molar-refractivity contribution >= 4 is 87.2 Å². The van der Waals surface area contributed by atoms with Gasteiger partial charge in [-0.05, 0) is 71.8 Å². The molecule has 282 valence electrons. The van der Waals surface area contributed by atoms with Crippen LogP contribution in [0.25, 0.3) is 110 Å². The lowest BCUT2D eigenvalue weighted by atomic mass is 9.95. The van der Waals surface area contributed by atoms with E-state index < -0.39 is 11.7 Å². The van der Waals surface area contributed by atoms with Crippen molar-refractivity contribution in [2.45, 2.75) is 6.18 Å². The Kier molecular flexibility index (Phi) is 6.84. The number of rotatable bonds is 3. The molecule has 0 aliphatic rings. The molecule has 0 aliphatic carbocycles. The number of H-pyrrole nitrogens is 2. The number of nitrogens with one attached hydrogen (secondary N) is 2. The molecule has 4 aromatic heterocycles. The number of para-hydroxylation sites is 4. The van der Waals surface area contributed by atoms with Crippen LogP contribution in [-0.2, 0) is 6.18 Å². The zero-order valence-electron chi connectivity index (χ0n) is 31.4. The monoisotopic (exact) mass is 780 g/mol. The molecule has 4 heterocycles. The van der Waals surface area contributed by atoms with Gasteiger partial charge in [0.2, 0.25) is 0 Å². The number of halogens is 3. The molecule has 0 radical (unpaired) electrons. The van der Waals surface area contributed by atoms with E-state index in [9.17, 15) is 23.7 Å². The molecule has 9 heteroatoms. The fourth-order valence-corrected chi connectivity index (χ4v) is 9.57. The average Bonchev–Trinajstić information content (AvgIpc) is 4.03. The van der Waals surface area contributed by atoms with Crippen LogP contribution in [0.1, 0.15) is 16.7 Å². The summed E-state index contributed by atoms with van der Waals surface area (Å²) in [7, 11) is 0. The highest BCUT2D eigenvalue weighted by Gasteiger charge is 2.32. The van der Waals surface area contributed by atoms with Gasteiger partial charge in [0.15, 0.2) is 0 Å². The number of benzene rings is 8. The van der Waals surface area contributed by atoms with Crippen molar-refractivity contribution in [3.8, 4) is 34.6 Å². The topological polar surface area (TPSA) is 89.0 Å². The molecule has 12 rings (SSSR count). The zero-order chi connectivity index (χ0) is 40.4. The number of hydrogen-bond donors (Lipinski definition) is 2. The molecule has 8 aromatic carbocycles. The summed E-state index contributed by atoms with van der Waals surface area (Å²) in [4.78, 5) is 7.32. The number of nitrogens with zero attached hydrogens (tertiary/aromatic N) is 4. The van der Waals surface area contributed by atoms with E-state index in [2.05, 4.69) is 85.8 Å². The van der Waals surface area contributed by atoms with Crippen LogP contribution < -0.4 is 0 Å². The van der Waals surface area contributed by atoms with E-state index in [1.54, 1.807) is 0 Å². The highest BCUT2D eigenvalue weighted by molar-refractivity contribution is 6.26. The van der Waals surface area contributed by atoms with Crippen molar-refractivity contribution in [1.82, 2.24) is 19.1 Å². The maximum absolute atomic E-state index is 14.0. The number of fused-ring (bicyclic) bond motifs is 14. The van der Waals surface area contributed by atoms with E-state index in [4.69, 9.17) is 0 Å². The lowest BCUT2D eigenvalue weighted by Gasteiger charge is -2.19. The third-order valence-electron chi connectivity index (χ3n) is 12.1. The van der Waals surface area contributed by atoms with Gasteiger partial charge < -0.3 is 19.1 Å². The largest absolute Gasteiger partial charge is 0.416 e. The lowest BCUT2D eigenvalue weighted by molar-refractivity contribution is -0.137. The van der Waals surface area contributed by atoms with E-state index >= 15 is 0 Å². The van der Waals surface area contributed by atoms with Crippen molar-refractivity contribution in [2.75, 3.05) is 0 Å². The SMILES string of the molecule is N#Cc1cc(C(F)(F)F)ccc1-c1cc(-n2c3ccccc3c3c4[nH]c5ccccc5c4ccc32)c(C#N)c(-n2c3ccccc3c3c4[nH]c5ccccc5c4ccc32)c1. The van der Waals surface area contributed by atoms with Gasteiger partial charge in [-0.2, -0.15) is 23.7 Å². The van der Waals surface area contributed by atoms with Gasteiger partial charge in [0.05, 0.1) is 61.7 Å². The van der Waals surface area contributed by atoms with Gasteiger partial charge in [0, 0.05) is 54.1 Å². The van der Waals surface area contributed by atoms with Crippen LogP contribution in [0.5, 0.6) is 0 Å². The van der Waals surface area contributed by atoms with Crippen LogP contribution in [0.3, 0.4) is 0 Å². The summed E-state index contributed by atoms with van der Waals surface area (Å²) >= 11 is 0. The van der Waals surface area contributed by atoms with E-state index in [0.29, 0.717) is 28.1 Å². The Hall–Kier alpha value is -8.27. The minimum atomic E-state index is -4.64. The summed E-state index contributed by atoms with van der Waals surface area (Å²) in [5.41, 5.74) is 8.42. The van der Waals surface area contributed by atoms with Crippen molar-refractivity contribution < 1.29 is 13.2 Å². The van der Waals surface area contributed by atoms with E-state index in [0.717, 1.165) is 99.4 Å². The van der Waals surface area contributed by atoms with E-state index in [1.165, 1.54) is 6.07 Å². The van der Waals surface area contributed by atoms with Crippen LogP contribution in [0.15, 0.2) is 152 Å². The van der Waals surface area contributed by atoms with Gasteiger partial charge in [-0.1, -0.05) is 91.0 Å². The number of aromatic nitrogens is 4. The lowest BCUT2D eigenvalue weighted by Crippen LogP contribution is -2.07. The average molecular weight is 781 g/mol. The molecule has 0 bridgehead atoms. The predicted molar refractivity (Wildman–Crippen MR) is 234 cm³/mol. The second kappa shape index (κ2) is 12.1. The number of hydrogen-bond acceptors (Lipinski definition) is 2. The smallest absolute Gasteiger partial charge is 0.354 e. The summed E-state index contributed by atoms with van der Waals surface area (Å²) in [6.45, 7) is 0. The maximum atomic E-state index is 14.0. The van der Waals surface area contributed by atoms with Crippen LogP contribution in [0, 0.1) is 22.7 Å². The molecule has 0 saturated carbocycles. The van der Waals surface area contributed by atoms with Crippen molar-refractivity contribution in [2.24, 2.45) is 0 Å². The molecule has 12 aromatic rings. The molecule has 0 spiro atoms. The second-order valence-corrected chi connectivity index (χ2v) is 15.2. The fraction of sp³-hybridized carbons (Fsp3) is 0.0196. The second-order valence-electron chi connectivity index (χ2n) is 15.2. The molecular weight excluding hydrogens is 754 g/mol. The standard InChI is InChI=1S/C51H27F3N6/c52-51(53,54)30-17-18-31(29(23-30)26-55)28-24-45(59-41-15-7-3-11-36(41)47-43(59)21-19-34-32-9-1-5-13-39(32)57-49(34)47)38(27-56)46(25-28)60-42-16-8-4-12-37(42)48-44(60)22-20-35-33-10-2-6-14-40(33)58-50(35)48/h1-25,57-58H. The van der Waals surface area contributed by atoms with Gasteiger partial charge in [-0.3, -0.25) is 0 Å². The first-order valence-electron chi connectivity index (χ1n) is 19.4. The van der Waals surface area contributed by atoms with Crippen LogP contribution in [0.2, 0.25) is 0 Å². The maximum Gasteiger partial charge on any atom is 0.416 e. The molecular formula is C51H27F3N6. The third-order valence-corrected chi connectivity index (χ3v) is 12.1. The first kappa shape index (κ1) is 33.8. The molecule has 60 heavy (non-hydrogen) atoms. The quantitative estimate of drug-likeness (QED) is 0.187. The van der Waals surface area contributed by atoms with Crippen LogP contribution in [0.4, 0.5) is 13.2 Å². The Balaban J connectivity index is 1.25. The zero-order valence-corrected chi connectivity index (χ0v) is 31.4. The third kappa shape index (κ3) is 4.57. The molecule has 0 atom stereocenters. The summed E-state index contributed by atoms with van der Waals surface area (Å²) in [6.07, 6.45) is -4.64. The Morgan fingerprint density at radius 2 is 0.950 bits per heavy atom. The summed E-state index contributed by atoms with van der Waals surface area (Å²) in [6, 6.07) is 52.2. The molecule has 0 unspecified atom stereocenters. The predicted octanol–water partition coefficient (Wildman–Crippen LogP) is 13.6. The summed E-state index contributed by atoms with van der Waals surface area (Å²) in [5.74, 6) is 0. The minimum absolute atomic E-state index is 0.129. The Morgan fingerprint density at radius 1 is 0.467 bits per heavy atom. The molecule has 0 saturated heterocycles.